The minimum Gasteiger partial charge on any atom is -0.484 e. The molecule has 0 bridgehead atoms. The van der Waals surface area contributed by atoms with Crippen LogP contribution in [0.2, 0.25) is 0 Å². The van der Waals surface area contributed by atoms with Crippen molar-refractivity contribution >= 4 is 10.9 Å². The number of benzene rings is 1. The predicted octanol–water partition coefficient (Wildman–Crippen LogP) is 3.12. The third kappa shape index (κ3) is 3.14. The van der Waals surface area contributed by atoms with Crippen molar-refractivity contribution in [1.29, 1.82) is 0 Å². The fourth-order valence-corrected chi connectivity index (χ4v) is 4.18. The number of aliphatic hydroxyl groups is 1. The van der Waals surface area contributed by atoms with Crippen molar-refractivity contribution in [2.45, 2.75) is 57.5 Å². The molecule has 2 aromatic heterocycles. The molecule has 0 saturated heterocycles. The fraction of sp³-hybridized carbons (Fsp3) is 0.476. The highest BCUT2D eigenvalue weighted by Crippen LogP contribution is 2.40. The molecule has 3 aromatic rings. The highest BCUT2D eigenvalue weighted by Gasteiger charge is 2.40. The standard InChI is InChI=1S/C21H24N4O3/c1-13(20-11-25(24-23-20)15-8-21(2,26)9-15)28-16-3-4-19-18(7-16)17-5-6-27-12-14(17)10-22-19/h3-4,7,10-11,13,15,26H,5-6,8-9,12H2,1-2H3/t13-,15?,21?/m1/s1. The first-order valence-corrected chi connectivity index (χ1v) is 9.77. The van der Waals surface area contributed by atoms with Crippen molar-refractivity contribution in [2.75, 3.05) is 6.61 Å². The second-order valence-corrected chi connectivity index (χ2v) is 8.19. The first kappa shape index (κ1) is 17.6. The van der Waals surface area contributed by atoms with Gasteiger partial charge in [0.15, 0.2) is 0 Å². The average Bonchev–Trinajstić information content (AvgIpc) is 3.16. The van der Waals surface area contributed by atoms with Crippen LogP contribution in [0.25, 0.3) is 10.9 Å². The fourth-order valence-electron chi connectivity index (χ4n) is 4.18. The van der Waals surface area contributed by atoms with Crippen LogP contribution < -0.4 is 4.74 Å². The predicted molar refractivity (Wildman–Crippen MR) is 103 cm³/mol. The Morgan fingerprint density at radius 2 is 2.21 bits per heavy atom. The van der Waals surface area contributed by atoms with E-state index in [0.717, 1.165) is 40.9 Å². The van der Waals surface area contributed by atoms with Crippen molar-refractivity contribution in [2.24, 2.45) is 0 Å². The van der Waals surface area contributed by atoms with Crippen LogP contribution in [0.3, 0.4) is 0 Å². The Morgan fingerprint density at radius 3 is 3.04 bits per heavy atom. The molecule has 1 N–H and O–H groups in total. The van der Waals surface area contributed by atoms with Gasteiger partial charge in [-0.3, -0.25) is 4.98 Å². The largest absolute Gasteiger partial charge is 0.484 e. The van der Waals surface area contributed by atoms with Crippen LogP contribution in [0.4, 0.5) is 0 Å². The lowest BCUT2D eigenvalue weighted by molar-refractivity contribution is -0.0547. The number of rotatable bonds is 4. The summed E-state index contributed by atoms with van der Waals surface area (Å²) in [6.07, 6.45) is 5.92. The number of fused-ring (bicyclic) bond motifs is 3. The molecule has 1 aliphatic heterocycles. The number of pyridine rings is 1. The molecule has 146 valence electrons. The normalized spacial score (nSPS) is 25.2. The third-order valence-corrected chi connectivity index (χ3v) is 5.78. The zero-order valence-corrected chi connectivity index (χ0v) is 16.1. The van der Waals surface area contributed by atoms with Crippen LogP contribution in [0.1, 0.15) is 55.7 Å². The summed E-state index contributed by atoms with van der Waals surface area (Å²) in [5, 5.41) is 19.6. The third-order valence-electron chi connectivity index (χ3n) is 5.78. The number of hydrogen-bond donors (Lipinski definition) is 1. The molecule has 2 aliphatic rings. The molecule has 7 nitrogen and oxygen atoms in total. The second-order valence-electron chi connectivity index (χ2n) is 8.19. The van der Waals surface area contributed by atoms with E-state index in [1.807, 2.05) is 43.1 Å². The Kier molecular flexibility index (Phi) is 4.10. The van der Waals surface area contributed by atoms with Crippen LogP contribution in [0.5, 0.6) is 5.75 Å². The lowest BCUT2D eigenvalue weighted by atomic mass is 9.77. The molecule has 1 aliphatic carbocycles. The lowest BCUT2D eigenvalue weighted by Crippen LogP contribution is -2.42. The van der Waals surface area contributed by atoms with E-state index in [1.165, 1.54) is 5.56 Å². The summed E-state index contributed by atoms with van der Waals surface area (Å²) < 4.78 is 13.5. The van der Waals surface area contributed by atoms with Gasteiger partial charge in [0.2, 0.25) is 0 Å². The molecule has 1 aromatic carbocycles. The Bertz CT molecular complexity index is 1020. The highest BCUT2D eigenvalue weighted by atomic mass is 16.5. The van der Waals surface area contributed by atoms with E-state index in [1.54, 1.807) is 0 Å². The van der Waals surface area contributed by atoms with Crippen molar-refractivity contribution < 1.29 is 14.6 Å². The summed E-state index contributed by atoms with van der Waals surface area (Å²) in [4.78, 5) is 4.54. The van der Waals surface area contributed by atoms with Gasteiger partial charge in [0, 0.05) is 11.6 Å². The molecule has 28 heavy (non-hydrogen) atoms. The van der Waals surface area contributed by atoms with Crippen molar-refractivity contribution in [3.8, 4) is 5.75 Å². The van der Waals surface area contributed by atoms with Crippen molar-refractivity contribution in [3.05, 3.63) is 47.4 Å². The zero-order chi connectivity index (χ0) is 19.3. The van der Waals surface area contributed by atoms with E-state index in [0.29, 0.717) is 19.4 Å². The molecular formula is C21H24N4O3. The van der Waals surface area contributed by atoms with E-state index >= 15 is 0 Å². The van der Waals surface area contributed by atoms with Gasteiger partial charge in [-0.25, -0.2) is 4.68 Å². The van der Waals surface area contributed by atoms with Gasteiger partial charge in [-0.15, -0.1) is 5.10 Å². The maximum absolute atomic E-state index is 9.93. The maximum Gasteiger partial charge on any atom is 0.141 e. The molecule has 0 amide bonds. The SMILES string of the molecule is C[C@@H](Oc1ccc2ncc3c(c2c1)CCOC3)c1cn(C2CC(C)(O)C2)nn1. The minimum absolute atomic E-state index is 0.212. The zero-order valence-electron chi connectivity index (χ0n) is 16.1. The molecule has 0 unspecified atom stereocenters. The van der Waals surface area contributed by atoms with Gasteiger partial charge in [-0.1, -0.05) is 5.21 Å². The average molecular weight is 380 g/mol. The first-order chi connectivity index (χ1) is 13.5. The smallest absolute Gasteiger partial charge is 0.141 e. The van der Waals surface area contributed by atoms with Gasteiger partial charge in [0.25, 0.3) is 0 Å². The Labute approximate surface area is 163 Å². The van der Waals surface area contributed by atoms with E-state index < -0.39 is 5.60 Å². The maximum atomic E-state index is 9.93. The van der Waals surface area contributed by atoms with Gasteiger partial charge in [-0.2, -0.15) is 0 Å². The minimum atomic E-state index is -0.581. The van der Waals surface area contributed by atoms with E-state index in [2.05, 4.69) is 21.4 Å². The van der Waals surface area contributed by atoms with Crippen LogP contribution >= 0.6 is 0 Å². The lowest BCUT2D eigenvalue weighted by Gasteiger charge is -2.40. The Hall–Kier alpha value is -2.51. The monoisotopic (exact) mass is 380 g/mol. The van der Waals surface area contributed by atoms with Crippen molar-refractivity contribution in [1.82, 2.24) is 20.0 Å². The number of nitrogens with zero attached hydrogens (tertiary/aromatic N) is 4. The van der Waals surface area contributed by atoms with Crippen molar-refractivity contribution in [3.63, 3.8) is 0 Å². The number of hydrogen-bond acceptors (Lipinski definition) is 6. The van der Waals surface area contributed by atoms with E-state index in [9.17, 15) is 5.11 Å². The molecule has 1 saturated carbocycles. The van der Waals surface area contributed by atoms with Crippen LogP contribution in [0.15, 0.2) is 30.6 Å². The highest BCUT2D eigenvalue weighted by molar-refractivity contribution is 5.84. The quantitative estimate of drug-likeness (QED) is 0.749. The molecule has 1 fully saturated rings. The van der Waals surface area contributed by atoms with Crippen LogP contribution in [-0.4, -0.2) is 37.3 Å². The summed E-state index contributed by atoms with van der Waals surface area (Å²) >= 11 is 0. The molecule has 0 spiro atoms. The van der Waals surface area contributed by atoms with Gasteiger partial charge < -0.3 is 14.6 Å². The topological polar surface area (TPSA) is 82.3 Å². The molecule has 5 rings (SSSR count). The summed E-state index contributed by atoms with van der Waals surface area (Å²) in [5.74, 6) is 0.794. The number of ether oxygens (including phenoxy) is 2. The molecule has 7 heteroatoms. The molecule has 0 radical (unpaired) electrons. The molecule has 1 atom stereocenters. The van der Waals surface area contributed by atoms with Gasteiger partial charge in [0.05, 0.1) is 36.6 Å². The van der Waals surface area contributed by atoms with Gasteiger partial charge in [-0.05, 0) is 62.4 Å². The first-order valence-electron chi connectivity index (χ1n) is 9.77. The Morgan fingerprint density at radius 1 is 1.36 bits per heavy atom. The van der Waals surface area contributed by atoms with Crippen LogP contribution in [0, 0.1) is 0 Å². The molecular weight excluding hydrogens is 356 g/mol. The number of aromatic nitrogens is 4. The summed E-state index contributed by atoms with van der Waals surface area (Å²) in [5.41, 5.74) is 3.64. The van der Waals surface area contributed by atoms with Gasteiger partial charge >= 0.3 is 0 Å². The van der Waals surface area contributed by atoms with Crippen LogP contribution in [-0.2, 0) is 17.8 Å². The van der Waals surface area contributed by atoms with Gasteiger partial charge in [0.1, 0.15) is 17.5 Å². The molecule has 3 heterocycles. The summed E-state index contributed by atoms with van der Waals surface area (Å²) in [6.45, 7) is 5.19. The van der Waals surface area contributed by atoms with E-state index in [-0.39, 0.29) is 12.1 Å². The Balaban J connectivity index is 1.36. The second kappa shape index (κ2) is 6.53. The summed E-state index contributed by atoms with van der Waals surface area (Å²) in [6, 6.07) is 6.23. The summed E-state index contributed by atoms with van der Waals surface area (Å²) in [7, 11) is 0. The van der Waals surface area contributed by atoms with E-state index in [4.69, 9.17) is 9.47 Å².